The Morgan fingerprint density at radius 1 is 0.783 bits per heavy atom. The van der Waals surface area contributed by atoms with Crippen LogP contribution >= 0.6 is 0 Å². The minimum atomic E-state index is 1.12. The monoisotopic (exact) mass is 301 g/mol. The summed E-state index contributed by atoms with van der Waals surface area (Å²) in [5, 5.41) is 2.50. The van der Waals surface area contributed by atoms with E-state index < -0.39 is 0 Å². The van der Waals surface area contributed by atoms with Crippen LogP contribution in [0.2, 0.25) is 0 Å². The van der Waals surface area contributed by atoms with Gasteiger partial charge in [0.2, 0.25) is 0 Å². The molecule has 0 radical (unpaired) electrons. The van der Waals surface area contributed by atoms with E-state index in [2.05, 4.69) is 107 Å². The van der Waals surface area contributed by atoms with Crippen molar-refractivity contribution in [3.63, 3.8) is 0 Å². The third-order valence-corrected chi connectivity index (χ3v) is 4.19. The molecule has 23 heavy (non-hydrogen) atoms. The van der Waals surface area contributed by atoms with Crippen molar-refractivity contribution >= 4 is 33.8 Å². The number of hydrogen-bond acceptors (Lipinski definition) is 1. The molecule has 0 aliphatic carbocycles. The highest BCUT2D eigenvalue weighted by Crippen LogP contribution is 2.23. The van der Waals surface area contributed by atoms with Crippen LogP contribution in [0.5, 0.6) is 0 Å². The predicted octanol–water partition coefficient (Wildman–Crippen LogP) is 4.57. The summed E-state index contributed by atoms with van der Waals surface area (Å²) in [6.45, 7) is 0. The first-order valence-electron chi connectivity index (χ1n) is 7.75. The average molecular weight is 301 g/mol. The molecule has 0 spiro atoms. The van der Waals surface area contributed by atoms with Crippen molar-refractivity contribution in [1.29, 1.82) is 0 Å². The van der Waals surface area contributed by atoms with Gasteiger partial charge in [0.25, 0.3) is 0 Å². The highest BCUT2D eigenvalue weighted by atomic mass is 15.2. The summed E-state index contributed by atoms with van der Waals surface area (Å²) in [6, 6.07) is 21.2. The molecule has 0 fully saturated rings. The maximum absolute atomic E-state index is 2.23. The van der Waals surface area contributed by atoms with Gasteiger partial charge in [-0.3, -0.25) is 0 Å². The van der Waals surface area contributed by atoms with Crippen LogP contribution in [0.15, 0.2) is 73.1 Å². The lowest BCUT2D eigenvalue weighted by Gasteiger charge is -2.20. The van der Waals surface area contributed by atoms with E-state index in [1.165, 1.54) is 21.8 Å². The first kappa shape index (κ1) is 13.7. The van der Waals surface area contributed by atoms with Crippen LogP contribution in [-0.2, 0) is 0 Å². The second-order valence-corrected chi connectivity index (χ2v) is 5.91. The maximum Gasteiger partial charge on any atom is 0.129 e. The summed E-state index contributed by atoms with van der Waals surface area (Å²) in [5.74, 6) is 1.12. The van der Waals surface area contributed by atoms with E-state index in [1.54, 1.807) is 0 Å². The highest BCUT2D eigenvalue weighted by molar-refractivity contribution is 5.86. The molecule has 2 heterocycles. The largest absolute Gasteiger partial charge is 0.363 e. The average Bonchev–Trinajstić information content (AvgIpc) is 3.16. The zero-order valence-electron chi connectivity index (χ0n) is 13.3. The van der Waals surface area contributed by atoms with Crippen molar-refractivity contribution in [2.45, 2.75) is 0 Å². The molecule has 0 amide bonds. The van der Waals surface area contributed by atoms with Crippen LogP contribution in [-0.4, -0.2) is 28.1 Å². The Morgan fingerprint density at radius 2 is 1.39 bits per heavy atom. The lowest BCUT2D eigenvalue weighted by molar-refractivity contribution is 0.561. The van der Waals surface area contributed by atoms with E-state index >= 15 is 0 Å². The molecule has 0 saturated heterocycles. The van der Waals surface area contributed by atoms with Crippen LogP contribution in [0.1, 0.15) is 0 Å². The van der Waals surface area contributed by atoms with Crippen molar-refractivity contribution in [2.75, 3.05) is 14.1 Å². The Balaban J connectivity index is 1.91. The number of nitrogens with zero attached hydrogens (tertiary/aromatic N) is 3. The zero-order chi connectivity index (χ0) is 15.8. The number of benzene rings is 2. The number of fused-ring (bicyclic) bond motifs is 2. The summed E-state index contributed by atoms with van der Waals surface area (Å²) in [5.41, 5.74) is 2.42. The van der Waals surface area contributed by atoms with Gasteiger partial charge in [-0.25, -0.2) is 0 Å². The quantitative estimate of drug-likeness (QED) is 0.540. The SMILES string of the molecule is CN(C)/C(=C\n1ccc2ccccc21)n1ccc2ccccc21. The van der Waals surface area contributed by atoms with E-state index in [9.17, 15) is 0 Å². The fraction of sp³-hybridized carbons (Fsp3) is 0.100. The normalized spacial score (nSPS) is 12.2. The summed E-state index contributed by atoms with van der Waals surface area (Å²) >= 11 is 0. The summed E-state index contributed by atoms with van der Waals surface area (Å²) in [6.07, 6.45) is 6.41. The minimum Gasteiger partial charge on any atom is -0.363 e. The van der Waals surface area contributed by atoms with Crippen molar-refractivity contribution in [3.8, 4) is 0 Å². The van der Waals surface area contributed by atoms with E-state index in [0.717, 1.165) is 5.82 Å². The van der Waals surface area contributed by atoms with Crippen molar-refractivity contribution in [3.05, 3.63) is 73.1 Å². The summed E-state index contributed by atoms with van der Waals surface area (Å²) < 4.78 is 4.41. The minimum absolute atomic E-state index is 1.12. The maximum atomic E-state index is 2.23. The number of para-hydroxylation sites is 2. The molecule has 2 aromatic carbocycles. The van der Waals surface area contributed by atoms with Crippen molar-refractivity contribution in [1.82, 2.24) is 14.0 Å². The Labute approximate surface area is 135 Å². The van der Waals surface area contributed by atoms with E-state index in [1.807, 2.05) is 0 Å². The van der Waals surface area contributed by atoms with Gasteiger partial charge in [-0.05, 0) is 35.0 Å². The Kier molecular flexibility index (Phi) is 3.19. The highest BCUT2D eigenvalue weighted by Gasteiger charge is 2.08. The van der Waals surface area contributed by atoms with Gasteiger partial charge in [0.05, 0.1) is 17.2 Å². The van der Waals surface area contributed by atoms with Crippen LogP contribution in [0.3, 0.4) is 0 Å². The Bertz CT molecular complexity index is 1000. The predicted molar refractivity (Wildman–Crippen MR) is 98.0 cm³/mol. The molecule has 0 unspecified atom stereocenters. The molecular formula is C20H19N3. The standard InChI is InChI=1S/C20H19N3/c1-21(2)20(23-14-12-17-8-4-6-10-19(17)23)15-22-13-11-16-7-3-5-9-18(16)22/h3-15H,1-2H3/b20-15+. The van der Waals surface area contributed by atoms with Gasteiger partial charge < -0.3 is 14.0 Å². The van der Waals surface area contributed by atoms with E-state index in [4.69, 9.17) is 0 Å². The lowest BCUT2D eigenvalue weighted by Crippen LogP contribution is -2.15. The van der Waals surface area contributed by atoms with Crippen LogP contribution in [0.25, 0.3) is 33.8 Å². The smallest absolute Gasteiger partial charge is 0.129 e. The van der Waals surface area contributed by atoms with Gasteiger partial charge in [-0.1, -0.05) is 36.4 Å². The third-order valence-electron chi connectivity index (χ3n) is 4.19. The third kappa shape index (κ3) is 2.30. The van der Waals surface area contributed by atoms with Crippen molar-refractivity contribution in [2.24, 2.45) is 0 Å². The molecule has 114 valence electrons. The van der Waals surface area contributed by atoms with Crippen LogP contribution in [0.4, 0.5) is 0 Å². The van der Waals surface area contributed by atoms with Gasteiger partial charge >= 0.3 is 0 Å². The Hall–Kier alpha value is -2.94. The van der Waals surface area contributed by atoms with Crippen LogP contribution in [0, 0.1) is 0 Å². The summed E-state index contributed by atoms with van der Waals surface area (Å²) in [7, 11) is 4.15. The molecule has 3 nitrogen and oxygen atoms in total. The molecular weight excluding hydrogens is 282 g/mol. The van der Waals surface area contributed by atoms with Gasteiger partial charge in [0.1, 0.15) is 5.82 Å². The molecule has 0 atom stereocenters. The molecule has 0 N–H and O–H groups in total. The van der Waals surface area contributed by atoms with Crippen molar-refractivity contribution < 1.29 is 0 Å². The second kappa shape index (κ2) is 5.36. The number of hydrogen-bond donors (Lipinski definition) is 0. The van der Waals surface area contributed by atoms with E-state index in [0.29, 0.717) is 0 Å². The van der Waals surface area contributed by atoms with Gasteiger partial charge in [0.15, 0.2) is 0 Å². The fourth-order valence-electron chi connectivity index (χ4n) is 3.02. The number of aromatic nitrogens is 2. The number of rotatable bonds is 3. The molecule has 0 aliphatic rings. The molecule has 2 aromatic heterocycles. The molecule has 4 aromatic rings. The molecule has 4 rings (SSSR count). The topological polar surface area (TPSA) is 13.1 Å². The van der Waals surface area contributed by atoms with Gasteiger partial charge in [-0.15, -0.1) is 0 Å². The Morgan fingerprint density at radius 3 is 2.13 bits per heavy atom. The molecule has 0 saturated carbocycles. The van der Waals surface area contributed by atoms with Gasteiger partial charge in [-0.2, -0.15) is 0 Å². The first-order chi connectivity index (χ1) is 11.2. The zero-order valence-corrected chi connectivity index (χ0v) is 13.3. The fourth-order valence-corrected chi connectivity index (χ4v) is 3.02. The molecule has 0 aliphatic heterocycles. The lowest BCUT2D eigenvalue weighted by atomic mass is 10.2. The molecule has 0 bridgehead atoms. The summed E-state index contributed by atoms with van der Waals surface area (Å²) in [4.78, 5) is 2.14. The van der Waals surface area contributed by atoms with Gasteiger partial charge in [0, 0.05) is 26.5 Å². The van der Waals surface area contributed by atoms with Crippen LogP contribution < -0.4 is 0 Å². The first-order valence-corrected chi connectivity index (χ1v) is 7.75. The van der Waals surface area contributed by atoms with E-state index in [-0.39, 0.29) is 0 Å². The second-order valence-electron chi connectivity index (χ2n) is 5.91. The molecule has 3 heteroatoms.